The number of ether oxygens (including phenoxy) is 1. The van der Waals surface area contributed by atoms with E-state index in [-0.39, 0.29) is 0 Å². The fourth-order valence-corrected chi connectivity index (χ4v) is 1.35. The number of aryl methyl sites for hydroxylation is 1. The fraction of sp³-hybridized carbons (Fsp3) is 0.667. The van der Waals surface area contributed by atoms with E-state index in [2.05, 4.69) is 12.0 Å². The van der Waals surface area contributed by atoms with E-state index in [0.717, 1.165) is 25.0 Å². The second-order valence-corrected chi connectivity index (χ2v) is 4.82. The van der Waals surface area contributed by atoms with E-state index in [9.17, 15) is 4.79 Å². The van der Waals surface area contributed by atoms with Gasteiger partial charge in [0.25, 0.3) is 0 Å². The lowest BCUT2D eigenvalue weighted by molar-refractivity contribution is 0.0509. The van der Waals surface area contributed by atoms with Crippen molar-refractivity contribution in [3.63, 3.8) is 0 Å². The van der Waals surface area contributed by atoms with Gasteiger partial charge in [-0.25, -0.2) is 4.79 Å². The van der Waals surface area contributed by atoms with Gasteiger partial charge in [0, 0.05) is 6.20 Å². The molecule has 0 fully saturated rings. The SMILES string of the molecule is CCCCc1ccnn1C(=O)OC(C)(C)C. The zero-order valence-electron chi connectivity index (χ0n) is 10.5. The van der Waals surface area contributed by atoms with Gasteiger partial charge < -0.3 is 4.74 Å². The summed E-state index contributed by atoms with van der Waals surface area (Å²) in [4.78, 5) is 11.8. The first-order valence-corrected chi connectivity index (χ1v) is 5.70. The van der Waals surface area contributed by atoms with Crippen molar-refractivity contribution in [1.82, 2.24) is 9.78 Å². The Kier molecular flexibility index (Phi) is 4.10. The molecule has 0 atom stereocenters. The average molecular weight is 224 g/mol. The van der Waals surface area contributed by atoms with Crippen LogP contribution in [0.5, 0.6) is 0 Å². The molecule has 0 spiro atoms. The Labute approximate surface area is 96.6 Å². The topological polar surface area (TPSA) is 44.1 Å². The monoisotopic (exact) mass is 224 g/mol. The Bertz CT molecular complexity index is 350. The largest absolute Gasteiger partial charge is 0.442 e. The standard InChI is InChI=1S/C12H20N2O2/c1-5-6-7-10-8-9-13-14(10)11(15)16-12(2,3)4/h8-9H,5-7H2,1-4H3. The van der Waals surface area contributed by atoms with Crippen LogP contribution in [-0.4, -0.2) is 21.5 Å². The van der Waals surface area contributed by atoms with E-state index in [1.54, 1.807) is 6.20 Å². The molecule has 1 aromatic heterocycles. The average Bonchev–Trinajstić information content (AvgIpc) is 2.59. The van der Waals surface area contributed by atoms with Crippen molar-refractivity contribution in [2.75, 3.05) is 0 Å². The molecule has 90 valence electrons. The van der Waals surface area contributed by atoms with Crippen LogP contribution in [0.2, 0.25) is 0 Å². The van der Waals surface area contributed by atoms with Crippen molar-refractivity contribution >= 4 is 6.09 Å². The lowest BCUT2D eigenvalue weighted by Crippen LogP contribution is -2.28. The number of rotatable bonds is 3. The quantitative estimate of drug-likeness (QED) is 0.792. The Morgan fingerprint density at radius 1 is 1.50 bits per heavy atom. The van der Waals surface area contributed by atoms with Gasteiger partial charge in [-0.1, -0.05) is 13.3 Å². The number of hydrogen-bond acceptors (Lipinski definition) is 3. The van der Waals surface area contributed by atoms with Crippen LogP contribution >= 0.6 is 0 Å². The minimum absolute atomic E-state index is 0.399. The van der Waals surface area contributed by atoms with Crippen LogP contribution in [0.4, 0.5) is 4.79 Å². The van der Waals surface area contributed by atoms with Crippen LogP contribution in [0.25, 0.3) is 0 Å². The summed E-state index contributed by atoms with van der Waals surface area (Å²) in [6, 6.07) is 1.86. The second kappa shape index (κ2) is 5.14. The Morgan fingerprint density at radius 3 is 2.75 bits per heavy atom. The Balaban J connectivity index is 2.72. The normalized spacial score (nSPS) is 11.5. The van der Waals surface area contributed by atoms with E-state index in [1.165, 1.54) is 4.68 Å². The highest BCUT2D eigenvalue weighted by molar-refractivity contribution is 5.70. The van der Waals surface area contributed by atoms with Crippen LogP contribution in [-0.2, 0) is 11.2 Å². The summed E-state index contributed by atoms with van der Waals surface area (Å²) in [6.45, 7) is 7.66. The van der Waals surface area contributed by atoms with Gasteiger partial charge in [0.2, 0.25) is 0 Å². The van der Waals surface area contributed by atoms with Gasteiger partial charge in [-0.15, -0.1) is 0 Å². The first kappa shape index (κ1) is 12.7. The van der Waals surface area contributed by atoms with Crippen LogP contribution in [0.15, 0.2) is 12.3 Å². The van der Waals surface area contributed by atoms with E-state index in [0.29, 0.717) is 0 Å². The molecule has 1 aromatic rings. The van der Waals surface area contributed by atoms with E-state index in [1.807, 2.05) is 26.8 Å². The van der Waals surface area contributed by atoms with Crippen molar-refractivity contribution < 1.29 is 9.53 Å². The van der Waals surface area contributed by atoms with Crippen molar-refractivity contribution in [3.05, 3.63) is 18.0 Å². The Morgan fingerprint density at radius 2 is 2.19 bits per heavy atom. The van der Waals surface area contributed by atoms with Gasteiger partial charge in [0.15, 0.2) is 0 Å². The molecule has 0 amide bonds. The molecular formula is C12H20N2O2. The summed E-state index contributed by atoms with van der Waals surface area (Å²) in [5, 5.41) is 4.00. The number of carbonyl (C=O) groups is 1. The van der Waals surface area contributed by atoms with Crippen molar-refractivity contribution in [2.45, 2.75) is 52.6 Å². The molecule has 0 unspecified atom stereocenters. The summed E-state index contributed by atoms with van der Waals surface area (Å²) in [6.07, 6.45) is 4.24. The van der Waals surface area contributed by atoms with Crippen LogP contribution in [0, 0.1) is 0 Å². The highest BCUT2D eigenvalue weighted by atomic mass is 16.6. The molecule has 1 heterocycles. The van der Waals surface area contributed by atoms with Gasteiger partial charge >= 0.3 is 6.09 Å². The maximum absolute atomic E-state index is 11.8. The highest BCUT2D eigenvalue weighted by Crippen LogP contribution is 2.11. The molecule has 0 aliphatic carbocycles. The predicted molar refractivity (Wildman–Crippen MR) is 62.5 cm³/mol. The van der Waals surface area contributed by atoms with E-state index in [4.69, 9.17) is 4.74 Å². The van der Waals surface area contributed by atoms with Crippen molar-refractivity contribution in [2.24, 2.45) is 0 Å². The number of unbranched alkanes of at least 4 members (excludes halogenated alkanes) is 1. The van der Waals surface area contributed by atoms with Crippen LogP contribution in [0.1, 0.15) is 46.2 Å². The van der Waals surface area contributed by atoms with Crippen molar-refractivity contribution in [3.8, 4) is 0 Å². The van der Waals surface area contributed by atoms with Crippen LogP contribution < -0.4 is 0 Å². The summed E-state index contributed by atoms with van der Waals surface area (Å²) in [7, 11) is 0. The molecule has 0 saturated carbocycles. The zero-order valence-corrected chi connectivity index (χ0v) is 10.5. The van der Waals surface area contributed by atoms with Crippen molar-refractivity contribution in [1.29, 1.82) is 0 Å². The number of hydrogen-bond donors (Lipinski definition) is 0. The van der Waals surface area contributed by atoms with Gasteiger partial charge in [0.1, 0.15) is 5.60 Å². The smallest absolute Gasteiger partial charge is 0.435 e. The summed E-state index contributed by atoms with van der Waals surface area (Å²) in [5.74, 6) is 0. The first-order valence-electron chi connectivity index (χ1n) is 5.70. The van der Waals surface area contributed by atoms with E-state index >= 15 is 0 Å². The van der Waals surface area contributed by atoms with Gasteiger partial charge in [-0.3, -0.25) is 0 Å². The predicted octanol–water partition coefficient (Wildman–Crippen LogP) is 3.01. The molecule has 4 heteroatoms. The molecule has 0 N–H and O–H groups in total. The summed E-state index contributed by atoms with van der Waals surface area (Å²) < 4.78 is 6.61. The number of aromatic nitrogens is 2. The number of nitrogens with zero attached hydrogens (tertiary/aromatic N) is 2. The van der Waals surface area contributed by atoms with E-state index < -0.39 is 11.7 Å². The third-order valence-electron chi connectivity index (χ3n) is 2.07. The molecule has 4 nitrogen and oxygen atoms in total. The number of carbonyl (C=O) groups excluding carboxylic acids is 1. The fourth-order valence-electron chi connectivity index (χ4n) is 1.35. The Hall–Kier alpha value is -1.32. The molecule has 16 heavy (non-hydrogen) atoms. The van der Waals surface area contributed by atoms with Gasteiger partial charge in [-0.2, -0.15) is 9.78 Å². The first-order chi connectivity index (χ1) is 7.44. The minimum Gasteiger partial charge on any atom is -0.442 e. The summed E-state index contributed by atoms with van der Waals surface area (Å²) in [5.41, 5.74) is 0.432. The molecule has 0 aromatic carbocycles. The second-order valence-electron chi connectivity index (χ2n) is 4.82. The molecule has 0 saturated heterocycles. The molecule has 0 aliphatic rings. The van der Waals surface area contributed by atoms with Gasteiger partial charge in [-0.05, 0) is 39.7 Å². The third kappa shape index (κ3) is 3.68. The maximum Gasteiger partial charge on any atom is 0.435 e. The zero-order chi connectivity index (χ0) is 12.2. The van der Waals surface area contributed by atoms with Gasteiger partial charge in [0.05, 0.1) is 5.69 Å². The highest BCUT2D eigenvalue weighted by Gasteiger charge is 2.19. The molecule has 1 rings (SSSR count). The lowest BCUT2D eigenvalue weighted by Gasteiger charge is -2.19. The maximum atomic E-state index is 11.8. The molecule has 0 aliphatic heterocycles. The molecule has 0 radical (unpaired) electrons. The minimum atomic E-state index is -0.481. The third-order valence-corrected chi connectivity index (χ3v) is 2.07. The molecule has 0 bridgehead atoms. The summed E-state index contributed by atoms with van der Waals surface area (Å²) >= 11 is 0. The van der Waals surface area contributed by atoms with Crippen LogP contribution in [0.3, 0.4) is 0 Å². The lowest BCUT2D eigenvalue weighted by atomic mass is 10.2. The molecular weight excluding hydrogens is 204 g/mol.